The van der Waals surface area contributed by atoms with Gasteiger partial charge in [0.05, 0.1) is 6.10 Å². The molecule has 0 aromatic carbocycles. The number of allylic oxidation sites excluding steroid dienone is 2. The molecular formula is C56H92O3. The summed E-state index contributed by atoms with van der Waals surface area (Å²) in [4.78, 5) is 13.4. The quantitative estimate of drug-likeness (QED) is 0.129. The summed E-state index contributed by atoms with van der Waals surface area (Å²) in [5.74, 6) is 10.2. The standard InChI is InChI=1S/C56H92O3/c1-36(2)13-11-15-38(5)46-21-23-48-44-19-17-40-33-42(25-29-53(40,7)50(44)27-31-55(46,48)9)58-35-52(57)59-43-26-30-54(8)41(34-43)18-20-45-49-24-22-47(39(6)16-12-14-37(3)4)56(49,10)32-28-51(45)54/h17-18,36-39,42-51H,11-16,19-35H2,1-10H3/t38-,39-,42+,43+,44+,45+,46-,47-,48+,49+,50+,51+,53+,54+,55-,56-/m1/s1. The van der Waals surface area contributed by atoms with Gasteiger partial charge in [-0.1, -0.05) is 131 Å². The fraction of sp³-hybridized carbons (Fsp3) is 0.911. The highest BCUT2D eigenvalue weighted by atomic mass is 16.6. The highest BCUT2D eigenvalue weighted by Crippen LogP contribution is 2.69. The number of hydrogen-bond donors (Lipinski definition) is 0. The largest absolute Gasteiger partial charge is 0.460 e. The third-order valence-electron chi connectivity index (χ3n) is 21.3. The fourth-order valence-electron chi connectivity index (χ4n) is 18.0. The molecule has 0 radical (unpaired) electrons. The molecule has 3 heteroatoms. The van der Waals surface area contributed by atoms with Crippen LogP contribution >= 0.6 is 0 Å². The molecule has 8 aliphatic carbocycles. The van der Waals surface area contributed by atoms with Crippen molar-refractivity contribution in [2.75, 3.05) is 6.61 Å². The Morgan fingerprint density at radius 2 is 1.03 bits per heavy atom. The summed E-state index contributed by atoms with van der Waals surface area (Å²) in [6.07, 6.45) is 34.4. The summed E-state index contributed by atoms with van der Waals surface area (Å²) < 4.78 is 12.7. The lowest BCUT2D eigenvalue weighted by Gasteiger charge is -2.58. The van der Waals surface area contributed by atoms with Gasteiger partial charge in [0.1, 0.15) is 12.7 Å². The second-order valence-electron chi connectivity index (χ2n) is 25.1. The zero-order valence-electron chi connectivity index (χ0n) is 40.2. The molecular weight excluding hydrogens is 721 g/mol. The number of hydrogen-bond acceptors (Lipinski definition) is 3. The molecule has 0 bridgehead atoms. The normalized spacial score (nSPS) is 44.9. The second kappa shape index (κ2) is 17.5. The van der Waals surface area contributed by atoms with Crippen LogP contribution in [0.2, 0.25) is 0 Å². The molecule has 16 atom stereocenters. The Kier molecular flexibility index (Phi) is 13.2. The molecule has 0 N–H and O–H groups in total. The Labute approximate surface area is 364 Å². The van der Waals surface area contributed by atoms with E-state index in [2.05, 4.69) is 81.4 Å². The third-order valence-corrected chi connectivity index (χ3v) is 21.3. The van der Waals surface area contributed by atoms with Gasteiger partial charge >= 0.3 is 5.97 Å². The van der Waals surface area contributed by atoms with E-state index in [0.717, 1.165) is 96.7 Å². The van der Waals surface area contributed by atoms with Crippen molar-refractivity contribution < 1.29 is 14.3 Å². The highest BCUT2D eigenvalue weighted by molar-refractivity contribution is 5.71. The van der Waals surface area contributed by atoms with Crippen LogP contribution in [-0.4, -0.2) is 24.8 Å². The van der Waals surface area contributed by atoms with E-state index in [1.807, 2.05) is 0 Å². The minimum Gasteiger partial charge on any atom is -0.460 e. The van der Waals surface area contributed by atoms with Crippen LogP contribution in [0.15, 0.2) is 23.3 Å². The molecule has 6 saturated carbocycles. The van der Waals surface area contributed by atoms with E-state index in [1.165, 1.54) is 116 Å². The second-order valence-corrected chi connectivity index (χ2v) is 25.1. The number of esters is 1. The molecule has 3 nitrogen and oxygen atoms in total. The first-order valence-corrected chi connectivity index (χ1v) is 26.3. The van der Waals surface area contributed by atoms with E-state index < -0.39 is 0 Å². The summed E-state index contributed by atoms with van der Waals surface area (Å²) in [6.45, 7) is 25.5. The van der Waals surface area contributed by atoms with Crippen molar-refractivity contribution in [2.45, 2.75) is 223 Å². The zero-order valence-corrected chi connectivity index (χ0v) is 40.2. The first-order valence-electron chi connectivity index (χ1n) is 26.3. The Morgan fingerprint density at radius 3 is 1.51 bits per heavy atom. The maximum Gasteiger partial charge on any atom is 0.332 e. The van der Waals surface area contributed by atoms with Crippen LogP contribution < -0.4 is 0 Å². The molecule has 6 fully saturated rings. The number of carbonyl (C=O) groups is 1. The molecule has 0 aliphatic heterocycles. The Balaban J connectivity index is 0.813. The fourth-order valence-corrected chi connectivity index (χ4v) is 18.0. The average Bonchev–Trinajstić information content (AvgIpc) is 3.73. The van der Waals surface area contributed by atoms with Gasteiger partial charge in [0.25, 0.3) is 0 Å². The Bertz CT molecular complexity index is 1540. The van der Waals surface area contributed by atoms with Gasteiger partial charge in [-0.2, -0.15) is 0 Å². The summed E-state index contributed by atoms with van der Waals surface area (Å²) >= 11 is 0. The van der Waals surface area contributed by atoms with Gasteiger partial charge in [-0.3, -0.25) is 0 Å². The molecule has 0 heterocycles. The summed E-state index contributed by atoms with van der Waals surface area (Å²) in [5.41, 5.74) is 4.94. The smallest absolute Gasteiger partial charge is 0.332 e. The van der Waals surface area contributed by atoms with Crippen molar-refractivity contribution in [1.29, 1.82) is 0 Å². The predicted octanol–water partition coefficient (Wildman–Crippen LogP) is 15.4. The van der Waals surface area contributed by atoms with E-state index in [-0.39, 0.29) is 30.2 Å². The molecule has 0 amide bonds. The van der Waals surface area contributed by atoms with E-state index in [9.17, 15) is 4.79 Å². The van der Waals surface area contributed by atoms with Gasteiger partial charge in [0.15, 0.2) is 0 Å². The van der Waals surface area contributed by atoms with Crippen LogP contribution in [0, 0.1) is 92.7 Å². The average molecular weight is 813 g/mol. The predicted molar refractivity (Wildman–Crippen MR) is 246 cm³/mol. The van der Waals surface area contributed by atoms with Crippen LogP contribution in [0.5, 0.6) is 0 Å². The molecule has 0 saturated heterocycles. The van der Waals surface area contributed by atoms with Crippen molar-refractivity contribution >= 4 is 5.97 Å². The number of rotatable bonds is 14. The van der Waals surface area contributed by atoms with Crippen LogP contribution in [0.4, 0.5) is 0 Å². The molecule has 0 aromatic heterocycles. The van der Waals surface area contributed by atoms with Crippen molar-refractivity contribution in [3.63, 3.8) is 0 Å². The molecule has 8 aliphatic rings. The number of ether oxygens (including phenoxy) is 2. The van der Waals surface area contributed by atoms with E-state index >= 15 is 0 Å². The molecule has 0 spiro atoms. The third kappa shape index (κ3) is 8.29. The van der Waals surface area contributed by atoms with Crippen LogP contribution in [0.3, 0.4) is 0 Å². The molecule has 0 unspecified atom stereocenters. The monoisotopic (exact) mass is 813 g/mol. The lowest BCUT2D eigenvalue weighted by molar-refractivity contribution is -0.159. The van der Waals surface area contributed by atoms with Crippen molar-refractivity contribution in [1.82, 2.24) is 0 Å². The van der Waals surface area contributed by atoms with E-state index in [1.54, 1.807) is 11.1 Å². The summed E-state index contributed by atoms with van der Waals surface area (Å²) in [5, 5.41) is 0. The maximum absolute atomic E-state index is 13.4. The Hall–Kier alpha value is -1.09. The lowest BCUT2D eigenvalue weighted by atomic mass is 9.47. The zero-order chi connectivity index (χ0) is 41.9. The van der Waals surface area contributed by atoms with Crippen molar-refractivity contribution in [3.05, 3.63) is 23.3 Å². The van der Waals surface area contributed by atoms with Gasteiger partial charge in [0, 0.05) is 6.42 Å². The van der Waals surface area contributed by atoms with Gasteiger partial charge in [-0.25, -0.2) is 4.79 Å². The van der Waals surface area contributed by atoms with Crippen molar-refractivity contribution in [2.24, 2.45) is 92.7 Å². The van der Waals surface area contributed by atoms with E-state index in [4.69, 9.17) is 9.47 Å². The Morgan fingerprint density at radius 1 is 0.576 bits per heavy atom. The van der Waals surface area contributed by atoms with Crippen molar-refractivity contribution in [3.8, 4) is 0 Å². The van der Waals surface area contributed by atoms with Crippen LogP contribution in [-0.2, 0) is 14.3 Å². The van der Waals surface area contributed by atoms with Gasteiger partial charge in [-0.15, -0.1) is 0 Å². The molecule has 0 aromatic rings. The topological polar surface area (TPSA) is 35.5 Å². The SMILES string of the molecule is CC(C)CCC[C@@H](C)[C@H]1CC[C@H]2[C@@H]3CC=C4C[C@@H](OCC(=O)O[C@H]5CC[C@@]6(C)C(=CC[C@H]7[C@@H]8CC[C@H]([C@H](C)CCCC(C)C)[C@@]8(C)CC[C@@H]76)C5)CC[C@]4(C)[C@H]3CC[C@]12C. The minimum atomic E-state index is -0.132. The molecule has 334 valence electrons. The summed E-state index contributed by atoms with van der Waals surface area (Å²) in [6, 6.07) is 0. The van der Waals surface area contributed by atoms with Crippen LogP contribution in [0.25, 0.3) is 0 Å². The molecule has 59 heavy (non-hydrogen) atoms. The number of carbonyl (C=O) groups excluding carboxylic acids is 1. The minimum absolute atomic E-state index is 0.0150. The lowest BCUT2D eigenvalue weighted by Crippen LogP contribution is -2.51. The molecule has 8 rings (SSSR count). The van der Waals surface area contributed by atoms with Gasteiger partial charge in [0.2, 0.25) is 0 Å². The van der Waals surface area contributed by atoms with Gasteiger partial charge < -0.3 is 9.47 Å². The first-order chi connectivity index (χ1) is 28.1. The maximum atomic E-state index is 13.4. The van der Waals surface area contributed by atoms with E-state index in [0.29, 0.717) is 16.2 Å². The van der Waals surface area contributed by atoms with Crippen LogP contribution in [0.1, 0.15) is 210 Å². The highest BCUT2D eigenvalue weighted by Gasteiger charge is 2.61. The first kappa shape index (κ1) is 44.5. The summed E-state index contributed by atoms with van der Waals surface area (Å²) in [7, 11) is 0. The number of fused-ring (bicyclic) bond motifs is 10. The van der Waals surface area contributed by atoms with Gasteiger partial charge in [-0.05, 0) is 189 Å².